The predicted octanol–water partition coefficient (Wildman–Crippen LogP) is 2.84. The van der Waals surface area contributed by atoms with E-state index in [-0.39, 0.29) is 0 Å². The van der Waals surface area contributed by atoms with Crippen LogP contribution in [0.4, 0.5) is 24.5 Å². The molecule has 0 aromatic heterocycles. The second-order valence-corrected chi connectivity index (χ2v) is 3.41. The Bertz CT molecular complexity index is 655. The maximum Gasteiger partial charge on any atom is 0.573 e. The highest BCUT2D eigenvalue weighted by Crippen LogP contribution is 2.33. The lowest BCUT2D eigenvalue weighted by Crippen LogP contribution is -2.18. The first kappa shape index (κ1) is 15.8. The van der Waals surface area contributed by atoms with Crippen LogP contribution >= 0.6 is 0 Å². The zero-order valence-corrected chi connectivity index (χ0v) is 10.0. The topological polar surface area (TPSA) is 112 Å². The van der Waals surface area contributed by atoms with Gasteiger partial charge in [-0.2, -0.15) is 10.5 Å². The fourth-order valence-corrected chi connectivity index (χ4v) is 1.20. The van der Waals surface area contributed by atoms with Crippen LogP contribution in [0.25, 0.3) is 0 Å². The Labute approximate surface area is 115 Å². The van der Waals surface area contributed by atoms with Crippen molar-refractivity contribution in [3.63, 3.8) is 0 Å². The number of nitro benzene ring substituents is 1. The van der Waals surface area contributed by atoms with E-state index in [9.17, 15) is 23.3 Å². The van der Waals surface area contributed by atoms with Crippen LogP contribution in [-0.2, 0) is 0 Å². The Kier molecular flexibility index (Phi) is 4.70. The van der Waals surface area contributed by atoms with Crippen molar-refractivity contribution >= 4 is 11.4 Å². The highest BCUT2D eigenvalue weighted by Gasteiger charge is 2.32. The standard InChI is InChI=1S/C11H5F3N4O3/c12-11(13,14)21-10-2-1-8(18(19)20)3-9(10)17-6-7(4-15)5-16/h1-3,6,17H. The fourth-order valence-electron chi connectivity index (χ4n) is 1.20. The number of ether oxygens (including phenoxy) is 1. The van der Waals surface area contributed by atoms with E-state index in [2.05, 4.69) is 10.1 Å². The number of nitro groups is 1. The average Bonchev–Trinajstić information content (AvgIpc) is 2.39. The Morgan fingerprint density at radius 3 is 2.48 bits per heavy atom. The van der Waals surface area contributed by atoms with Gasteiger partial charge < -0.3 is 10.1 Å². The second-order valence-electron chi connectivity index (χ2n) is 3.41. The monoisotopic (exact) mass is 298 g/mol. The lowest BCUT2D eigenvalue weighted by molar-refractivity contribution is -0.384. The van der Waals surface area contributed by atoms with Crippen molar-refractivity contribution in [3.05, 3.63) is 40.1 Å². The van der Waals surface area contributed by atoms with E-state index < -0.39 is 34.0 Å². The number of nitrogens with zero attached hydrogens (tertiary/aromatic N) is 3. The van der Waals surface area contributed by atoms with Crippen LogP contribution in [-0.4, -0.2) is 11.3 Å². The largest absolute Gasteiger partial charge is 0.573 e. The maximum atomic E-state index is 12.2. The summed E-state index contributed by atoms with van der Waals surface area (Å²) in [6, 6.07) is 5.29. The zero-order valence-electron chi connectivity index (χ0n) is 10.0. The van der Waals surface area contributed by atoms with Crippen LogP contribution in [0.5, 0.6) is 5.75 Å². The van der Waals surface area contributed by atoms with E-state index in [1.165, 1.54) is 12.1 Å². The molecule has 0 bridgehead atoms. The molecule has 0 radical (unpaired) electrons. The van der Waals surface area contributed by atoms with E-state index in [1.54, 1.807) is 0 Å². The van der Waals surface area contributed by atoms with Crippen molar-refractivity contribution in [2.75, 3.05) is 5.32 Å². The van der Waals surface area contributed by atoms with E-state index in [4.69, 9.17) is 10.5 Å². The summed E-state index contributed by atoms with van der Waals surface area (Å²) >= 11 is 0. The van der Waals surface area contributed by atoms with Crippen molar-refractivity contribution in [1.82, 2.24) is 0 Å². The molecule has 0 spiro atoms. The second kappa shape index (κ2) is 6.25. The molecule has 1 aromatic rings. The number of nitrogens with one attached hydrogen (secondary N) is 1. The molecule has 0 aliphatic rings. The van der Waals surface area contributed by atoms with E-state index >= 15 is 0 Å². The number of anilines is 1. The highest BCUT2D eigenvalue weighted by molar-refractivity contribution is 5.63. The molecule has 7 nitrogen and oxygen atoms in total. The summed E-state index contributed by atoms with van der Waals surface area (Å²) in [5.41, 5.74) is -1.33. The van der Waals surface area contributed by atoms with E-state index in [0.717, 1.165) is 24.4 Å². The molecule has 108 valence electrons. The molecule has 1 N–H and O–H groups in total. The minimum absolute atomic E-state index is 0.412. The summed E-state index contributed by atoms with van der Waals surface area (Å²) in [5, 5.41) is 29.8. The van der Waals surface area contributed by atoms with Crippen molar-refractivity contribution < 1.29 is 22.8 Å². The summed E-state index contributed by atoms with van der Waals surface area (Å²) in [6.45, 7) is 0. The van der Waals surface area contributed by atoms with Gasteiger partial charge in [0.25, 0.3) is 5.69 Å². The van der Waals surface area contributed by atoms with Gasteiger partial charge in [0.15, 0.2) is 5.75 Å². The highest BCUT2D eigenvalue weighted by atomic mass is 19.4. The molecule has 10 heteroatoms. The first-order chi connectivity index (χ1) is 9.76. The average molecular weight is 298 g/mol. The normalized spacial score (nSPS) is 9.95. The molecule has 0 atom stereocenters. The molecule has 0 saturated carbocycles. The number of allylic oxidation sites excluding steroid dienone is 1. The number of benzene rings is 1. The van der Waals surface area contributed by atoms with Crippen molar-refractivity contribution in [2.45, 2.75) is 6.36 Å². The van der Waals surface area contributed by atoms with Crippen LogP contribution in [0.3, 0.4) is 0 Å². The molecule has 0 amide bonds. The Hall–Kier alpha value is -3.27. The Morgan fingerprint density at radius 1 is 1.38 bits per heavy atom. The predicted molar refractivity (Wildman–Crippen MR) is 62.7 cm³/mol. The van der Waals surface area contributed by atoms with Gasteiger partial charge in [-0.15, -0.1) is 13.2 Å². The summed E-state index contributed by atoms with van der Waals surface area (Å²) in [7, 11) is 0. The lowest BCUT2D eigenvalue weighted by Gasteiger charge is -2.12. The molecule has 1 rings (SSSR count). The summed E-state index contributed by atoms with van der Waals surface area (Å²) < 4.78 is 40.3. The molecule has 0 heterocycles. The summed E-state index contributed by atoms with van der Waals surface area (Å²) in [6.07, 6.45) is -4.19. The number of rotatable bonds is 4. The van der Waals surface area contributed by atoms with Gasteiger partial charge in [-0.1, -0.05) is 0 Å². The number of non-ortho nitro benzene ring substituents is 1. The van der Waals surface area contributed by atoms with Crippen molar-refractivity contribution in [1.29, 1.82) is 10.5 Å². The summed E-state index contributed by atoms with van der Waals surface area (Å²) in [5.74, 6) is -0.737. The molecular weight excluding hydrogens is 293 g/mol. The van der Waals surface area contributed by atoms with E-state index in [0.29, 0.717) is 0 Å². The SMILES string of the molecule is N#CC(C#N)=CNc1cc([N+](=O)[O-])ccc1OC(F)(F)F. The van der Waals surface area contributed by atoms with Gasteiger partial charge in [0, 0.05) is 18.3 Å². The summed E-state index contributed by atoms with van der Waals surface area (Å²) in [4.78, 5) is 9.78. The third-order valence-electron chi connectivity index (χ3n) is 2.01. The van der Waals surface area contributed by atoms with Gasteiger partial charge in [-0.05, 0) is 6.07 Å². The lowest BCUT2D eigenvalue weighted by atomic mass is 10.2. The molecule has 21 heavy (non-hydrogen) atoms. The van der Waals surface area contributed by atoms with Gasteiger partial charge in [-0.25, -0.2) is 0 Å². The minimum Gasteiger partial charge on any atom is -0.404 e. The third kappa shape index (κ3) is 4.72. The number of hydrogen-bond acceptors (Lipinski definition) is 6. The van der Waals surface area contributed by atoms with E-state index in [1.807, 2.05) is 0 Å². The maximum absolute atomic E-state index is 12.2. The number of hydrogen-bond donors (Lipinski definition) is 1. The number of nitriles is 2. The smallest absolute Gasteiger partial charge is 0.404 e. The van der Waals surface area contributed by atoms with Gasteiger partial charge >= 0.3 is 6.36 Å². The van der Waals surface area contributed by atoms with Gasteiger partial charge in [0.2, 0.25) is 0 Å². The zero-order chi connectivity index (χ0) is 16.0. The molecule has 0 unspecified atom stereocenters. The van der Waals surface area contributed by atoms with Gasteiger partial charge in [0.1, 0.15) is 17.7 Å². The van der Waals surface area contributed by atoms with Crippen molar-refractivity contribution in [2.24, 2.45) is 0 Å². The van der Waals surface area contributed by atoms with Crippen LogP contribution < -0.4 is 10.1 Å². The van der Waals surface area contributed by atoms with Gasteiger partial charge in [0.05, 0.1) is 10.6 Å². The molecular formula is C11H5F3N4O3. The Morgan fingerprint density at radius 2 is 2.00 bits per heavy atom. The van der Waals surface area contributed by atoms with Crippen LogP contribution in [0.15, 0.2) is 30.0 Å². The number of halogens is 3. The van der Waals surface area contributed by atoms with Crippen LogP contribution in [0.1, 0.15) is 0 Å². The molecule has 0 fully saturated rings. The van der Waals surface area contributed by atoms with Gasteiger partial charge in [-0.3, -0.25) is 10.1 Å². The van der Waals surface area contributed by atoms with Crippen molar-refractivity contribution in [3.8, 4) is 17.9 Å². The first-order valence-electron chi connectivity index (χ1n) is 5.08. The third-order valence-corrected chi connectivity index (χ3v) is 2.01. The van der Waals surface area contributed by atoms with Crippen LogP contribution in [0, 0.1) is 32.8 Å². The Balaban J connectivity index is 3.21. The minimum atomic E-state index is -5.00. The quantitative estimate of drug-likeness (QED) is 0.519. The first-order valence-corrected chi connectivity index (χ1v) is 5.08. The fraction of sp³-hybridized carbons (Fsp3) is 0.0909. The molecule has 1 aromatic carbocycles. The number of alkyl halides is 3. The molecule has 0 aliphatic carbocycles. The molecule has 0 saturated heterocycles. The van der Waals surface area contributed by atoms with Crippen LogP contribution in [0.2, 0.25) is 0 Å². The molecule has 0 aliphatic heterocycles.